The van der Waals surface area contributed by atoms with Crippen LogP contribution < -0.4 is 10.6 Å². The molecular weight excluding hydrogens is 381 g/mol. The summed E-state index contributed by atoms with van der Waals surface area (Å²) in [4.78, 5) is 22.2. The molecule has 1 rings (SSSR count). The lowest BCUT2D eigenvalue weighted by atomic mass is 10.3. The SMILES string of the molecule is CC(=O)Nc1ccc(NC(=O)CSC(F)(F)C(F)(F)C(F)(F)F)cc1. The zero-order valence-corrected chi connectivity index (χ0v) is 13.2. The van der Waals surface area contributed by atoms with E-state index in [2.05, 4.69) is 10.6 Å². The number of alkyl halides is 7. The fourth-order valence-corrected chi connectivity index (χ4v) is 2.13. The van der Waals surface area contributed by atoms with Crippen molar-refractivity contribution in [2.45, 2.75) is 24.3 Å². The molecular formula is C13H11F7N2O2S. The molecule has 0 saturated carbocycles. The summed E-state index contributed by atoms with van der Waals surface area (Å²) in [5.74, 6) is -9.16. The van der Waals surface area contributed by atoms with Crippen LogP contribution in [0.1, 0.15) is 6.92 Å². The molecule has 0 unspecified atom stereocenters. The lowest BCUT2D eigenvalue weighted by molar-refractivity contribution is -0.330. The van der Waals surface area contributed by atoms with Crippen LogP contribution in [0.25, 0.3) is 0 Å². The zero-order valence-electron chi connectivity index (χ0n) is 12.4. The van der Waals surface area contributed by atoms with Gasteiger partial charge in [0, 0.05) is 18.3 Å². The molecule has 0 atom stereocenters. The molecule has 25 heavy (non-hydrogen) atoms. The van der Waals surface area contributed by atoms with Gasteiger partial charge in [-0.05, 0) is 24.3 Å². The number of nitrogens with one attached hydrogen (secondary N) is 2. The molecule has 0 aliphatic carbocycles. The molecule has 0 bridgehead atoms. The topological polar surface area (TPSA) is 58.2 Å². The van der Waals surface area contributed by atoms with Crippen LogP contribution in [0.4, 0.5) is 42.1 Å². The molecule has 0 saturated heterocycles. The molecule has 12 heteroatoms. The van der Waals surface area contributed by atoms with Gasteiger partial charge < -0.3 is 10.6 Å². The Bertz CT molecular complexity index is 632. The Morgan fingerprint density at radius 2 is 1.36 bits per heavy atom. The Balaban J connectivity index is 2.64. The number of hydrogen-bond donors (Lipinski definition) is 2. The molecule has 0 fully saturated rings. The predicted molar refractivity (Wildman–Crippen MR) is 77.8 cm³/mol. The lowest BCUT2D eigenvalue weighted by Crippen LogP contribution is -2.50. The molecule has 140 valence electrons. The first-order chi connectivity index (χ1) is 11.3. The van der Waals surface area contributed by atoms with Gasteiger partial charge in [-0.25, -0.2) is 0 Å². The minimum Gasteiger partial charge on any atom is -0.326 e. The molecule has 0 spiro atoms. The molecule has 1 aromatic rings. The average Bonchev–Trinajstić information content (AvgIpc) is 2.45. The maximum atomic E-state index is 13.0. The number of carbonyl (C=O) groups excluding carboxylic acids is 2. The van der Waals surface area contributed by atoms with Crippen molar-refractivity contribution in [3.05, 3.63) is 24.3 Å². The third-order valence-electron chi connectivity index (χ3n) is 2.60. The van der Waals surface area contributed by atoms with E-state index in [9.17, 15) is 40.3 Å². The second-order valence-corrected chi connectivity index (χ2v) is 5.77. The van der Waals surface area contributed by atoms with E-state index >= 15 is 0 Å². The van der Waals surface area contributed by atoms with E-state index in [-0.39, 0.29) is 11.6 Å². The van der Waals surface area contributed by atoms with Gasteiger partial charge in [0.1, 0.15) is 0 Å². The van der Waals surface area contributed by atoms with E-state index in [1.807, 2.05) is 0 Å². The quantitative estimate of drug-likeness (QED) is 0.717. The predicted octanol–water partition coefficient (Wildman–Crippen LogP) is 4.11. The highest BCUT2D eigenvalue weighted by atomic mass is 32.2. The van der Waals surface area contributed by atoms with Crippen molar-refractivity contribution in [2.75, 3.05) is 16.4 Å². The van der Waals surface area contributed by atoms with Gasteiger partial charge in [0.25, 0.3) is 0 Å². The van der Waals surface area contributed by atoms with Crippen molar-refractivity contribution in [1.29, 1.82) is 0 Å². The molecule has 2 N–H and O–H groups in total. The van der Waals surface area contributed by atoms with Crippen molar-refractivity contribution in [3.63, 3.8) is 0 Å². The summed E-state index contributed by atoms with van der Waals surface area (Å²) in [6.45, 7) is 1.25. The third kappa shape index (κ3) is 5.51. The summed E-state index contributed by atoms with van der Waals surface area (Å²) in [5, 5.41) is -1.03. The number of benzene rings is 1. The first kappa shape index (κ1) is 21.1. The van der Waals surface area contributed by atoms with Gasteiger partial charge in [0.05, 0.1) is 5.75 Å². The maximum Gasteiger partial charge on any atom is 0.460 e. The van der Waals surface area contributed by atoms with Crippen molar-refractivity contribution >= 4 is 35.0 Å². The summed E-state index contributed by atoms with van der Waals surface area (Å²) in [6, 6.07) is 5.26. The molecule has 4 nitrogen and oxygen atoms in total. The molecule has 0 radical (unpaired) electrons. The van der Waals surface area contributed by atoms with Crippen molar-refractivity contribution < 1.29 is 40.3 Å². The van der Waals surface area contributed by atoms with Crippen LogP contribution in [0.15, 0.2) is 24.3 Å². The van der Waals surface area contributed by atoms with E-state index < -0.39 is 40.8 Å². The Kier molecular flexibility index (Phi) is 6.32. The van der Waals surface area contributed by atoms with Crippen LogP contribution >= 0.6 is 11.8 Å². The van der Waals surface area contributed by atoms with Gasteiger partial charge in [-0.15, -0.1) is 0 Å². The largest absolute Gasteiger partial charge is 0.460 e. The molecule has 0 aliphatic heterocycles. The van der Waals surface area contributed by atoms with Crippen LogP contribution in [0.3, 0.4) is 0 Å². The summed E-state index contributed by atoms with van der Waals surface area (Å²) < 4.78 is 87.3. The number of halogens is 7. The van der Waals surface area contributed by atoms with Crippen molar-refractivity contribution in [1.82, 2.24) is 0 Å². The summed E-state index contributed by atoms with van der Waals surface area (Å²) >= 11 is -1.12. The second kappa shape index (κ2) is 7.50. The number of thioether (sulfide) groups is 1. The smallest absolute Gasteiger partial charge is 0.326 e. The highest BCUT2D eigenvalue weighted by molar-refractivity contribution is 8.01. The Morgan fingerprint density at radius 3 is 1.76 bits per heavy atom. The number of anilines is 2. The number of rotatable bonds is 6. The summed E-state index contributed by atoms with van der Waals surface area (Å²) in [5.41, 5.74) is 0.446. The van der Waals surface area contributed by atoms with Crippen molar-refractivity contribution in [3.8, 4) is 0 Å². The van der Waals surface area contributed by atoms with E-state index in [1.165, 1.54) is 31.2 Å². The fraction of sp³-hybridized carbons (Fsp3) is 0.385. The lowest BCUT2D eigenvalue weighted by Gasteiger charge is -2.27. The maximum absolute atomic E-state index is 13.0. The molecule has 0 aromatic heterocycles. The highest BCUT2D eigenvalue weighted by Gasteiger charge is 2.73. The zero-order chi connectivity index (χ0) is 19.5. The van der Waals surface area contributed by atoms with E-state index in [0.29, 0.717) is 5.69 Å². The van der Waals surface area contributed by atoms with E-state index in [1.54, 1.807) is 0 Å². The van der Waals surface area contributed by atoms with E-state index in [4.69, 9.17) is 0 Å². The molecule has 2 amide bonds. The summed E-state index contributed by atoms with van der Waals surface area (Å²) in [6.07, 6.45) is -6.44. The van der Waals surface area contributed by atoms with Crippen LogP contribution in [-0.2, 0) is 9.59 Å². The second-order valence-electron chi connectivity index (χ2n) is 4.68. The number of hydrogen-bond acceptors (Lipinski definition) is 3. The van der Waals surface area contributed by atoms with Gasteiger partial charge >= 0.3 is 17.4 Å². The van der Waals surface area contributed by atoms with Crippen LogP contribution in [0, 0.1) is 0 Å². The molecule has 1 aromatic carbocycles. The first-order valence-electron chi connectivity index (χ1n) is 6.40. The van der Waals surface area contributed by atoms with Gasteiger partial charge in [-0.2, -0.15) is 30.7 Å². The van der Waals surface area contributed by atoms with Gasteiger partial charge in [-0.1, -0.05) is 11.8 Å². The Morgan fingerprint density at radius 1 is 0.920 bits per heavy atom. The third-order valence-corrected chi connectivity index (χ3v) is 3.62. The number of amides is 2. The van der Waals surface area contributed by atoms with Crippen LogP contribution in [-0.4, -0.2) is 34.9 Å². The molecule has 0 aliphatic rings. The van der Waals surface area contributed by atoms with Crippen molar-refractivity contribution in [2.24, 2.45) is 0 Å². The normalized spacial score (nSPS) is 12.6. The van der Waals surface area contributed by atoms with Crippen LogP contribution in [0.2, 0.25) is 0 Å². The average molecular weight is 392 g/mol. The first-order valence-corrected chi connectivity index (χ1v) is 7.38. The van der Waals surface area contributed by atoms with E-state index in [0.717, 1.165) is 0 Å². The Labute approximate surface area is 141 Å². The fourth-order valence-electron chi connectivity index (χ4n) is 1.45. The van der Waals surface area contributed by atoms with Gasteiger partial charge in [0.15, 0.2) is 0 Å². The van der Waals surface area contributed by atoms with Gasteiger partial charge in [-0.3, -0.25) is 9.59 Å². The Hall–Kier alpha value is -1.98. The van der Waals surface area contributed by atoms with Crippen LogP contribution in [0.5, 0.6) is 0 Å². The monoisotopic (exact) mass is 392 g/mol. The minimum atomic E-state index is -6.44. The number of carbonyl (C=O) groups is 2. The highest BCUT2D eigenvalue weighted by Crippen LogP contribution is 2.51. The summed E-state index contributed by atoms with van der Waals surface area (Å²) in [7, 11) is 0. The minimum absolute atomic E-state index is 0.0746. The van der Waals surface area contributed by atoms with Gasteiger partial charge in [0.2, 0.25) is 11.8 Å². The molecule has 0 heterocycles. The standard InChI is InChI=1S/C13H11F7N2O2S/c1-7(23)21-8-2-4-9(5-3-8)22-10(24)6-25-13(19,20)11(14,15)12(16,17)18/h2-5H,6H2,1H3,(H,21,23)(H,22,24).